The number of aryl methyl sites for hydroxylation is 1. The van der Waals surface area contributed by atoms with Crippen molar-refractivity contribution in [2.75, 3.05) is 6.61 Å². The first-order chi connectivity index (χ1) is 9.68. The van der Waals surface area contributed by atoms with E-state index in [0.29, 0.717) is 0 Å². The van der Waals surface area contributed by atoms with Gasteiger partial charge in [0.1, 0.15) is 0 Å². The molecule has 0 fully saturated rings. The molecule has 1 aromatic carbocycles. The number of benzene rings is 1. The largest absolute Gasteiger partial charge is 0.394 e. The summed E-state index contributed by atoms with van der Waals surface area (Å²) in [6, 6.07) is 12.8. The average Bonchev–Trinajstić information content (AvgIpc) is 2.99. The van der Waals surface area contributed by atoms with Crippen LogP contribution >= 0.6 is 11.3 Å². The second kappa shape index (κ2) is 7.02. The topological polar surface area (TPSA) is 32.3 Å². The minimum atomic E-state index is -0.394. The molecule has 0 saturated carbocycles. The van der Waals surface area contributed by atoms with Gasteiger partial charge in [-0.25, -0.2) is 0 Å². The monoisotopic (exact) mass is 289 g/mol. The van der Waals surface area contributed by atoms with E-state index in [9.17, 15) is 5.11 Å². The molecule has 2 aromatic rings. The lowest BCUT2D eigenvalue weighted by atomic mass is 9.91. The third-order valence-corrected chi connectivity index (χ3v) is 4.56. The summed E-state index contributed by atoms with van der Waals surface area (Å²) < 4.78 is 0. The molecule has 1 aromatic heterocycles. The van der Waals surface area contributed by atoms with Crippen LogP contribution in [0.1, 0.15) is 36.3 Å². The Morgan fingerprint density at radius 2 is 1.95 bits per heavy atom. The summed E-state index contributed by atoms with van der Waals surface area (Å²) in [6.07, 6.45) is 2.27. The van der Waals surface area contributed by atoms with Crippen LogP contribution in [0.5, 0.6) is 0 Å². The highest BCUT2D eigenvalue weighted by atomic mass is 32.1. The quantitative estimate of drug-likeness (QED) is 0.814. The molecule has 20 heavy (non-hydrogen) atoms. The molecular formula is C17H23NOS. The van der Waals surface area contributed by atoms with Gasteiger partial charge in [0.25, 0.3) is 0 Å². The van der Waals surface area contributed by atoms with Crippen LogP contribution in [0.2, 0.25) is 0 Å². The Labute approximate surface area is 125 Å². The molecule has 108 valence electrons. The molecule has 1 atom stereocenters. The Balaban J connectivity index is 2.08. The highest BCUT2D eigenvalue weighted by Crippen LogP contribution is 2.22. The molecule has 3 heteroatoms. The molecule has 2 N–H and O–H groups in total. The number of hydrogen-bond donors (Lipinski definition) is 2. The summed E-state index contributed by atoms with van der Waals surface area (Å²) in [7, 11) is 0. The van der Waals surface area contributed by atoms with Gasteiger partial charge in [-0.1, -0.05) is 43.7 Å². The number of rotatable bonds is 7. The maximum atomic E-state index is 9.78. The second-order valence-corrected chi connectivity index (χ2v) is 6.40. The average molecular weight is 289 g/mol. The zero-order chi connectivity index (χ0) is 14.4. The van der Waals surface area contributed by atoms with Crippen LogP contribution in [0.3, 0.4) is 0 Å². The molecule has 0 aliphatic heterocycles. The summed E-state index contributed by atoms with van der Waals surface area (Å²) in [5, 5.41) is 15.3. The minimum Gasteiger partial charge on any atom is -0.394 e. The van der Waals surface area contributed by atoms with Crippen molar-refractivity contribution in [3.8, 4) is 0 Å². The van der Waals surface area contributed by atoms with Crippen molar-refractivity contribution in [1.29, 1.82) is 0 Å². The minimum absolute atomic E-state index is 0.0888. The van der Waals surface area contributed by atoms with Gasteiger partial charge in [-0.15, -0.1) is 11.3 Å². The zero-order valence-electron chi connectivity index (χ0n) is 12.2. The van der Waals surface area contributed by atoms with Gasteiger partial charge in [0.05, 0.1) is 12.1 Å². The normalized spacial score (nSPS) is 14.2. The number of hydrogen-bond acceptors (Lipinski definition) is 3. The fourth-order valence-corrected chi connectivity index (χ4v) is 2.92. The van der Waals surface area contributed by atoms with Crippen LogP contribution in [0.15, 0.2) is 41.8 Å². The van der Waals surface area contributed by atoms with Gasteiger partial charge in [0.15, 0.2) is 0 Å². The molecule has 1 heterocycles. The van der Waals surface area contributed by atoms with Gasteiger partial charge >= 0.3 is 0 Å². The fourth-order valence-electron chi connectivity index (χ4n) is 2.27. The predicted octanol–water partition coefficient (Wildman–Crippen LogP) is 3.70. The first-order valence-corrected chi connectivity index (χ1v) is 8.03. The first kappa shape index (κ1) is 15.2. The van der Waals surface area contributed by atoms with Crippen molar-refractivity contribution >= 4 is 11.3 Å². The zero-order valence-corrected chi connectivity index (χ0v) is 13.0. The van der Waals surface area contributed by atoms with Gasteiger partial charge in [0.2, 0.25) is 0 Å². The number of aliphatic hydroxyl groups excluding tert-OH is 1. The summed E-state index contributed by atoms with van der Waals surface area (Å²) in [6.45, 7) is 5.11. The van der Waals surface area contributed by atoms with Crippen LogP contribution in [0.25, 0.3) is 0 Å². The van der Waals surface area contributed by atoms with Gasteiger partial charge in [0, 0.05) is 11.4 Å². The van der Waals surface area contributed by atoms with Crippen LogP contribution in [0.4, 0.5) is 0 Å². The third kappa shape index (κ3) is 3.69. The molecule has 2 rings (SSSR count). The van der Waals surface area contributed by atoms with Crippen molar-refractivity contribution in [2.45, 2.75) is 38.8 Å². The lowest BCUT2D eigenvalue weighted by Gasteiger charge is -2.29. The molecule has 0 radical (unpaired) electrons. The fraction of sp³-hybridized carbons (Fsp3) is 0.412. The van der Waals surface area contributed by atoms with Gasteiger partial charge < -0.3 is 10.4 Å². The van der Waals surface area contributed by atoms with Crippen molar-refractivity contribution in [1.82, 2.24) is 5.32 Å². The van der Waals surface area contributed by atoms with Crippen LogP contribution < -0.4 is 5.32 Å². The van der Waals surface area contributed by atoms with Crippen molar-refractivity contribution < 1.29 is 5.11 Å². The van der Waals surface area contributed by atoms with E-state index in [2.05, 4.69) is 60.9 Å². The molecule has 0 spiro atoms. The maximum absolute atomic E-state index is 9.78. The van der Waals surface area contributed by atoms with E-state index in [1.807, 2.05) is 0 Å². The summed E-state index contributed by atoms with van der Waals surface area (Å²) in [5.41, 5.74) is 2.10. The molecular weight excluding hydrogens is 266 g/mol. The Bertz CT molecular complexity index is 506. The molecule has 0 aliphatic carbocycles. The van der Waals surface area contributed by atoms with Crippen molar-refractivity contribution in [3.63, 3.8) is 0 Å². The highest BCUT2D eigenvalue weighted by molar-refractivity contribution is 7.09. The van der Waals surface area contributed by atoms with Crippen molar-refractivity contribution in [3.05, 3.63) is 57.8 Å². The van der Waals surface area contributed by atoms with Gasteiger partial charge in [-0.3, -0.25) is 0 Å². The van der Waals surface area contributed by atoms with E-state index in [1.165, 1.54) is 10.4 Å². The SMILES string of the molecule is CCCc1ccc(C(C)(CO)NCc2cccs2)cc1. The summed E-state index contributed by atoms with van der Waals surface area (Å²) in [5.74, 6) is 0. The Morgan fingerprint density at radius 3 is 2.50 bits per heavy atom. The molecule has 0 bridgehead atoms. The second-order valence-electron chi connectivity index (χ2n) is 5.37. The summed E-state index contributed by atoms with van der Waals surface area (Å²) >= 11 is 1.73. The smallest absolute Gasteiger partial charge is 0.0652 e. The highest BCUT2D eigenvalue weighted by Gasteiger charge is 2.25. The number of thiophene rings is 1. The predicted molar refractivity (Wildman–Crippen MR) is 86.0 cm³/mol. The van der Waals surface area contributed by atoms with E-state index < -0.39 is 5.54 Å². The third-order valence-electron chi connectivity index (χ3n) is 3.68. The lowest BCUT2D eigenvalue weighted by Crippen LogP contribution is -2.42. The first-order valence-electron chi connectivity index (χ1n) is 7.15. The van der Waals surface area contributed by atoms with E-state index in [0.717, 1.165) is 24.9 Å². The van der Waals surface area contributed by atoms with E-state index in [-0.39, 0.29) is 6.61 Å². The lowest BCUT2D eigenvalue weighted by molar-refractivity contribution is 0.174. The molecule has 2 nitrogen and oxygen atoms in total. The standard InChI is InChI=1S/C17H23NOS/c1-3-5-14-7-9-15(10-8-14)17(2,13-19)18-12-16-6-4-11-20-16/h4,6-11,18-19H,3,5,12-13H2,1-2H3. The van der Waals surface area contributed by atoms with E-state index >= 15 is 0 Å². The van der Waals surface area contributed by atoms with Crippen LogP contribution in [-0.4, -0.2) is 11.7 Å². The van der Waals surface area contributed by atoms with Gasteiger partial charge in [-0.2, -0.15) is 0 Å². The number of nitrogens with one attached hydrogen (secondary N) is 1. The van der Waals surface area contributed by atoms with Crippen LogP contribution in [0, 0.1) is 0 Å². The Hall–Kier alpha value is -1.16. The van der Waals surface area contributed by atoms with Gasteiger partial charge in [-0.05, 0) is 35.9 Å². The Kier molecular flexibility index (Phi) is 5.35. The van der Waals surface area contributed by atoms with E-state index in [1.54, 1.807) is 11.3 Å². The molecule has 1 unspecified atom stereocenters. The van der Waals surface area contributed by atoms with Crippen LogP contribution in [-0.2, 0) is 18.5 Å². The molecule has 0 aliphatic rings. The Morgan fingerprint density at radius 1 is 1.20 bits per heavy atom. The maximum Gasteiger partial charge on any atom is 0.0652 e. The summed E-state index contributed by atoms with van der Waals surface area (Å²) in [4.78, 5) is 1.28. The number of aliphatic hydroxyl groups is 1. The molecule has 0 amide bonds. The molecule has 0 saturated heterocycles. The van der Waals surface area contributed by atoms with Crippen molar-refractivity contribution in [2.24, 2.45) is 0 Å². The van der Waals surface area contributed by atoms with E-state index in [4.69, 9.17) is 0 Å².